The third-order valence-corrected chi connectivity index (χ3v) is 3.41. The van der Waals surface area contributed by atoms with Gasteiger partial charge in [-0.3, -0.25) is 0 Å². The molecule has 58 valence electrons. The Bertz CT molecular complexity index is 142. The van der Waals surface area contributed by atoms with E-state index in [0.717, 1.165) is 5.92 Å². The quantitative estimate of drug-likeness (QED) is 0.542. The van der Waals surface area contributed by atoms with E-state index in [0.29, 0.717) is 11.5 Å². The number of methoxy groups -OCH3 is 1. The van der Waals surface area contributed by atoms with E-state index in [9.17, 15) is 0 Å². The maximum atomic E-state index is 5.41. The van der Waals surface area contributed by atoms with E-state index in [4.69, 9.17) is 4.74 Å². The van der Waals surface area contributed by atoms with Gasteiger partial charge in [-0.1, -0.05) is 13.3 Å². The van der Waals surface area contributed by atoms with E-state index in [-0.39, 0.29) is 0 Å². The summed E-state index contributed by atoms with van der Waals surface area (Å²) in [5.74, 6) is 0.909. The van der Waals surface area contributed by atoms with Gasteiger partial charge in [-0.15, -0.1) is 0 Å². The average molecular weight is 140 g/mol. The molecule has 0 aliphatic heterocycles. The topological polar surface area (TPSA) is 9.23 Å². The molecule has 1 heteroatoms. The molecule has 0 amide bonds. The van der Waals surface area contributed by atoms with Crippen LogP contribution in [-0.4, -0.2) is 13.2 Å². The molecule has 0 bridgehead atoms. The normalized spacial score (nSPS) is 52.2. The Balaban J connectivity index is 2.02. The molecule has 2 fully saturated rings. The first-order valence-corrected chi connectivity index (χ1v) is 4.29. The molecule has 0 spiro atoms. The van der Waals surface area contributed by atoms with Crippen LogP contribution in [0.2, 0.25) is 0 Å². The highest BCUT2D eigenvalue weighted by molar-refractivity contribution is 5.05. The Morgan fingerprint density at radius 2 is 2.30 bits per heavy atom. The van der Waals surface area contributed by atoms with Gasteiger partial charge < -0.3 is 4.74 Å². The summed E-state index contributed by atoms with van der Waals surface area (Å²) in [4.78, 5) is 0. The summed E-state index contributed by atoms with van der Waals surface area (Å²) < 4.78 is 5.41. The SMILES string of the molecule is CO[C@@H]1CCC[C@]2(C)C[C@H]12. The Hall–Kier alpha value is -0.0400. The van der Waals surface area contributed by atoms with Gasteiger partial charge >= 0.3 is 0 Å². The molecule has 0 radical (unpaired) electrons. The molecule has 2 rings (SSSR count). The van der Waals surface area contributed by atoms with Crippen LogP contribution in [0.15, 0.2) is 0 Å². The van der Waals surface area contributed by atoms with Crippen LogP contribution < -0.4 is 0 Å². The van der Waals surface area contributed by atoms with Crippen LogP contribution in [0.3, 0.4) is 0 Å². The maximum Gasteiger partial charge on any atom is 0.0604 e. The molecule has 2 aliphatic carbocycles. The van der Waals surface area contributed by atoms with Crippen LogP contribution in [0, 0.1) is 11.3 Å². The van der Waals surface area contributed by atoms with Crippen LogP contribution in [0.5, 0.6) is 0 Å². The number of hydrogen-bond acceptors (Lipinski definition) is 1. The fraction of sp³-hybridized carbons (Fsp3) is 1.00. The third kappa shape index (κ3) is 0.800. The van der Waals surface area contributed by atoms with Crippen LogP contribution in [-0.2, 0) is 4.74 Å². The molecule has 3 atom stereocenters. The lowest BCUT2D eigenvalue weighted by molar-refractivity contribution is 0.0466. The summed E-state index contributed by atoms with van der Waals surface area (Å²) in [6.45, 7) is 2.41. The van der Waals surface area contributed by atoms with Crippen molar-refractivity contribution in [3.63, 3.8) is 0 Å². The van der Waals surface area contributed by atoms with Gasteiger partial charge in [-0.25, -0.2) is 0 Å². The van der Waals surface area contributed by atoms with Crippen molar-refractivity contribution in [1.82, 2.24) is 0 Å². The fourth-order valence-corrected chi connectivity index (χ4v) is 2.50. The Morgan fingerprint density at radius 1 is 1.50 bits per heavy atom. The highest BCUT2D eigenvalue weighted by atomic mass is 16.5. The van der Waals surface area contributed by atoms with Gasteiger partial charge in [0.15, 0.2) is 0 Å². The number of rotatable bonds is 1. The lowest BCUT2D eigenvalue weighted by atomic mass is 9.88. The molecule has 1 nitrogen and oxygen atoms in total. The number of hydrogen-bond donors (Lipinski definition) is 0. The molecule has 10 heavy (non-hydrogen) atoms. The van der Waals surface area contributed by atoms with Gasteiger partial charge in [0.1, 0.15) is 0 Å². The van der Waals surface area contributed by atoms with E-state index in [2.05, 4.69) is 6.92 Å². The summed E-state index contributed by atoms with van der Waals surface area (Å²) in [5.41, 5.74) is 0.693. The van der Waals surface area contributed by atoms with Crippen molar-refractivity contribution in [2.45, 2.75) is 38.7 Å². The van der Waals surface area contributed by atoms with E-state index in [1.54, 1.807) is 0 Å². The van der Waals surface area contributed by atoms with Gasteiger partial charge in [-0.05, 0) is 30.6 Å². The van der Waals surface area contributed by atoms with Gasteiger partial charge in [0.25, 0.3) is 0 Å². The molecule has 2 saturated carbocycles. The van der Waals surface area contributed by atoms with Crippen molar-refractivity contribution in [3.8, 4) is 0 Å². The monoisotopic (exact) mass is 140 g/mol. The average Bonchev–Trinajstić information content (AvgIpc) is 2.59. The van der Waals surface area contributed by atoms with Crippen LogP contribution in [0.25, 0.3) is 0 Å². The molecular formula is C9H16O. The second-order valence-electron chi connectivity index (χ2n) is 4.13. The fourth-order valence-electron chi connectivity index (χ4n) is 2.50. The zero-order valence-electron chi connectivity index (χ0n) is 6.89. The smallest absolute Gasteiger partial charge is 0.0604 e. The highest BCUT2D eigenvalue weighted by Gasteiger charge is 2.55. The molecule has 0 aromatic carbocycles. The van der Waals surface area contributed by atoms with E-state index in [1.165, 1.54) is 25.7 Å². The van der Waals surface area contributed by atoms with E-state index in [1.807, 2.05) is 7.11 Å². The van der Waals surface area contributed by atoms with Gasteiger partial charge in [-0.2, -0.15) is 0 Å². The van der Waals surface area contributed by atoms with Crippen LogP contribution >= 0.6 is 0 Å². The lowest BCUT2D eigenvalue weighted by Crippen LogP contribution is -2.21. The summed E-state index contributed by atoms with van der Waals surface area (Å²) in [6, 6.07) is 0. The van der Waals surface area contributed by atoms with Crippen LogP contribution in [0.1, 0.15) is 32.6 Å². The Labute approximate surface area is 62.8 Å². The van der Waals surface area contributed by atoms with Crippen molar-refractivity contribution in [2.75, 3.05) is 7.11 Å². The van der Waals surface area contributed by atoms with Crippen molar-refractivity contribution < 1.29 is 4.74 Å². The standard InChI is InChI=1S/C9H16O/c1-9-5-3-4-8(10-2)7(9)6-9/h7-8H,3-6H2,1-2H3/t7-,8-,9-/m1/s1. The molecular weight excluding hydrogens is 124 g/mol. The van der Waals surface area contributed by atoms with Crippen LogP contribution in [0.4, 0.5) is 0 Å². The zero-order chi connectivity index (χ0) is 7.19. The maximum absolute atomic E-state index is 5.41. The molecule has 0 aromatic heterocycles. The lowest BCUT2D eigenvalue weighted by Gasteiger charge is -2.24. The Morgan fingerprint density at radius 3 is 2.90 bits per heavy atom. The minimum Gasteiger partial charge on any atom is -0.381 e. The Kier molecular flexibility index (Phi) is 1.31. The largest absolute Gasteiger partial charge is 0.381 e. The molecule has 0 aromatic rings. The van der Waals surface area contributed by atoms with E-state index >= 15 is 0 Å². The van der Waals surface area contributed by atoms with Crippen molar-refractivity contribution in [1.29, 1.82) is 0 Å². The summed E-state index contributed by atoms with van der Waals surface area (Å²) in [6.07, 6.45) is 6.14. The van der Waals surface area contributed by atoms with Crippen molar-refractivity contribution in [3.05, 3.63) is 0 Å². The third-order valence-electron chi connectivity index (χ3n) is 3.41. The first kappa shape index (κ1) is 6.66. The summed E-state index contributed by atoms with van der Waals surface area (Å²) in [7, 11) is 1.86. The number of fused-ring (bicyclic) bond motifs is 1. The van der Waals surface area contributed by atoms with Gasteiger partial charge in [0.2, 0.25) is 0 Å². The van der Waals surface area contributed by atoms with E-state index < -0.39 is 0 Å². The molecule has 0 unspecified atom stereocenters. The van der Waals surface area contributed by atoms with Crippen molar-refractivity contribution in [2.24, 2.45) is 11.3 Å². The summed E-state index contributed by atoms with van der Waals surface area (Å²) in [5, 5.41) is 0. The second-order valence-corrected chi connectivity index (χ2v) is 4.13. The first-order chi connectivity index (χ1) is 4.76. The summed E-state index contributed by atoms with van der Waals surface area (Å²) >= 11 is 0. The molecule has 2 aliphatic rings. The van der Waals surface area contributed by atoms with Crippen molar-refractivity contribution >= 4 is 0 Å². The molecule has 0 N–H and O–H groups in total. The molecule has 0 saturated heterocycles. The van der Waals surface area contributed by atoms with Gasteiger partial charge in [0.05, 0.1) is 6.10 Å². The van der Waals surface area contributed by atoms with Gasteiger partial charge in [0, 0.05) is 7.11 Å². The molecule has 0 heterocycles. The predicted molar refractivity (Wildman–Crippen MR) is 40.9 cm³/mol. The second kappa shape index (κ2) is 1.97. The highest BCUT2D eigenvalue weighted by Crippen LogP contribution is 2.61. The first-order valence-electron chi connectivity index (χ1n) is 4.29. The minimum absolute atomic E-state index is 0.596. The zero-order valence-corrected chi connectivity index (χ0v) is 6.89. The number of ether oxygens (including phenoxy) is 1. The minimum atomic E-state index is 0.596. The predicted octanol–water partition coefficient (Wildman–Crippen LogP) is 2.21.